The summed E-state index contributed by atoms with van der Waals surface area (Å²) in [5.41, 5.74) is 0.568. The molecule has 1 amide bonds. The Morgan fingerprint density at radius 3 is 2.55 bits per heavy atom. The number of amides is 1. The summed E-state index contributed by atoms with van der Waals surface area (Å²) in [6.45, 7) is 4.42. The van der Waals surface area contributed by atoms with Crippen LogP contribution in [0.3, 0.4) is 0 Å². The van der Waals surface area contributed by atoms with Crippen LogP contribution < -0.4 is 10.1 Å². The fraction of sp³-hybridized carbons (Fsp3) is 0.250. The second kappa shape index (κ2) is 10.8. The molecule has 3 rings (SSSR count). The van der Waals surface area contributed by atoms with Crippen molar-refractivity contribution in [1.82, 2.24) is 14.8 Å². The zero-order valence-electron chi connectivity index (χ0n) is 16.5. The molecular weight excluding hydrogens is 502 g/mol. The van der Waals surface area contributed by atoms with E-state index in [1.165, 1.54) is 11.8 Å². The third-order valence-electron chi connectivity index (χ3n) is 4.16. The Labute approximate surface area is 204 Å². The number of halogens is 4. The first-order valence-corrected chi connectivity index (χ1v) is 11.7. The Hall–Kier alpha value is -1.64. The molecule has 6 nitrogen and oxygen atoms in total. The number of carbonyl (C=O) groups excluding carboxylic acids is 1. The van der Waals surface area contributed by atoms with Gasteiger partial charge in [-0.25, -0.2) is 0 Å². The molecule has 1 aromatic heterocycles. The molecule has 0 aliphatic heterocycles. The SMILES string of the molecule is CCn1c(SCC(=O)Nc2ccc(Cl)c(Cl)c2)nnc1C(C)Oc1cc(Cl)ccc1Cl. The molecule has 1 atom stereocenters. The smallest absolute Gasteiger partial charge is 0.234 e. The number of rotatable bonds is 8. The molecule has 3 aromatic rings. The normalized spacial score (nSPS) is 11.9. The number of ether oxygens (including phenoxy) is 1. The van der Waals surface area contributed by atoms with Crippen molar-refractivity contribution in [3.63, 3.8) is 0 Å². The highest BCUT2D eigenvalue weighted by atomic mass is 35.5. The lowest BCUT2D eigenvalue weighted by molar-refractivity contribution is -0.113. The Balaban J connectivity index is 1.65. The highest BCUT2D eigenvalue weighted by Gasteiger charge is 2.20. The third-order valence-corrected chi connectivity index (χ3v) is 6.41. The zero-order valence-corrected chi connectivity index (χ0v) is 20.4. The summed E-state index contributed by atoms with van der Waals surface area (Å²) in [6.07, 6.45) is -0.428. The Bertz CT molecular complexity index is 1090. The van der Waals surface area contributed by atoms with Crippen LogP contribution in [0.15, 0.2) is 41.6 Å². The zero-order chi connectivity index (χ0) is 22.5. The van der Waals surface area contributed by atoms with E-state index >= 15 is 0 Å². The van der Waals surface area contributed by atoms with E-state index in [1.54, 1.807) is 36.4 Å². The van der Waals surface area contributed by atoms with E-state index in [1.807, 2.05) is 18.4 Å². The molecule has 0 saturated heterocycles. The number of aromatic nitrogens is 3. The maximum atomic E-state index is 12.3. The van der Waals surface area contributed by atoms with Crippen molar-refractivity contribution in [2.45, 2.75) is 31.7 Å². The minimum Gasteiger partial charge on any atom is -0.481 e. The Morgan fingerprint density at radius 1 is 1.10 bits per heavy atom. The van der Waals surface area contributed by atoms with Crippen molar-refractivity contribution >= 4 is 69.8 Å². The monoisotopic (exact) mass is 518 g/mol. The van der Waals surface area contributed by atoms with Crippen molar-refractivity contribution in [2.75, 3.05) is 11.1 Å². The van der Waals surface area contributed by atoms with Gasteiger partial charge in [0.2, 0.25) is 5.91 Å². The first-order chi connectivity index (χ1) is 14.8. The molecule has 1 unspecified atom stereocenters. The number of carbonyl (C=O) groups is 1. The van der Waals surface area contributed by atoms with Crippen LogP contribution in [-0.4, -0.2) is 26.4 Å². The maximum absolute atomic E-state index is 12.3. The van der Waals surface area contributed by atoms with E-state index in [0.717, 1.165) is 0 Å². The minimum absolute atomic E-state index is 0.147. The molecule has 11 heteroatoms. The summed E-state index contributed by atoms with van der Waals surface area (Å²) in [7, 11) is 0. The van der Waals surface area contributed by atoms with Crippen LogP contribution in [0.4, 0.5) is 5.69 Å². The molecule has 0 bridgehead atoms. The average Bonchev–Trinajstić information content (AvgIpc) is 3.15. The molecule has 0 aliphatic carbocycles. The number of nitrogens with zero attached hydrogens (tertiary/aromatic N) is 3. The Morgan fingerprint density at radius 2 is 1.84 bits per heavy atom. The van der Waals surface area contributed by atoms with Gasteiger partial charge in [-0.1, -0.05) is 58.2 Å². The van der Waals surface area contributed by atoms with E-state index in [9.17, 15) is 4.79 Å². The van der Waals surface area contributed by atoms with Gasteiger partial charge in [-0.05, 0) is 44.2 Å². The summed E-state index contributed by atoms with van der Waals surface area (Å²) in [5.74, 6) is 1.02. The largest absolute Gasteiger partial charge is 0.481 e. The van der Waals surface area contributed by atoms with Gasteiger partial charge in [0, 0.05) is 23.3 Å². The van der Waals surface area contributed by atoms with Crippen LogP contribution >= 0.6 is 58.2 Å². The number of thioether (sulfide) groups is 1. The maximum Gasteiger partial charge on any atom is 0.234 e. The molecule has 2 aromatic carbocycles. The highest BCUT2D eigenvalue weighted by molar-refractivity contribution is 7.99. The summed E-state index contributed by atoms with van der Waals surface area (Å²) >= 11 is 25.4. The van der Waals surface area contributed by atoms with Crippen LogP contribution in [0.25, 0.3) is 0 Å². The molecule has 164 valence electrons. The fourth-order valence-electron chi connectivity index (χ4n) is 2.72. The van der Waals surface area contributed by atoms with E-state index < -0.39 is 6.10 Å². The second-order valence-electron chi connectivity index (χ2n) is 6.39. The predicted molar refractivity (Wildman–Crippen MR) is 127 cm³/mol. The van der Waals surface area contributed by atoms with Crippen molar-refractivity contribution in [1.29, 1.82) is 0 Å². The van der Waals surface area contributed by atoms with Crippen LogP contribution in [0.5, 0.6) is 5.75 Å². The van der Waals surface area contributed by atoms with Gasteiger partial charge in [-0.3, -0.25) is 4.79 Å². The van der Waals surface area contributed by atoms with E-state index in [-0.39, 0.29) is 11.7 Å². The van der Waals surface area contributed by atoms with Crippen LogP contribution in [-0.2, 0) is 11.3 Å². The number of anilines is 1. The summed E-state index contributed by atoms with van der Waals surface area (Å²) < 4.78 is 7.83. The minimum atomic E-state index is -0.428. The van der Waals surface area contributed by atoms with Crippen LogP contribution in [0.1, 0.15) is 25.8 Å². The van der Waals surface area contributed by atoms with Gasteiger partial charge in [-0.15, -0.1) is 10.2 Å². The average molecular weight is 520 g/mol. The molecule has 0 radical (unpaired) electrons. The standard InChI is InChI=1S/C20H18Cl4N4O2S/c1-3-28-19(11(2)30-17-8-12(21)4-6-15(17)23)26-27-20(28)31-10-18(29)25-13-5-7-14(22)16(24)9-13/h4-9,11H,3,10H2,1-2H3,(H,25,29). The number of benzene rings is 2. The quantitative estimate of drug-likeness (QED) is 0.332. The van der Waals surface area contributed by atoms with Crippen LogP contribution in [0, 0.1) is 0 Å². The van der Waals surface area contributed by atoms with Gasteiger partial charge >= 0.3 is 0 Å². The third kappa shape index (κ3) is 6.20. The summed E-state index contributed by atoms with van der Waals surface area (Å²) in [4.78, 5) is 12.3. The molecule has 0 fully saturated rings. The van der Waals surface area contributed by atoms with Crippen LogP contribution in [0.2, 0.25) is 20.1 Å². The van der Waals surface area contributed by atoms with Crippen molar-refractivity contribution in [2.24, 2.45) is 0 Å². The summed E-state index contributed by atoms with van der Waals surface area (Å²) in [6, 6.07) is 9.91. The molecule has 0 spiro atoms. The van der Waals surface area contributed by atoms with Gasteiger partial charge in [0.25, 0.3) is 0 Å². The number of hydrogen-bond acceptors (Lipinski definition) is 5. The molecule has 0 aliphatic rings. The van der Waals surface area contributed by atoms with E-state index in [2.05, 4.69) is 15.5 Å². The van der Waals surface area contributed by atoms with Crippen molar-refractivity contribution < 1.29 is 9.53 Å². The lowest BCUT2D eigenvalue weighted by Gasteiger charge is -2.16. The number of hydrogen-bond donors (Lipinski definition) is 1. The molecule has 31 heavy (non-hydrogen) atoms. The highest BCUT2D eigenvalue weighted by Crippen LogP contribution is 2.32. The molecule has 1 N–H and O–H groups in total. The van der Waals surface area contributed by atoms with Gasteiger partial charge in [0.1, 0.15) is 5.75 Å². The van der Waals surface area contributed by atoms with E-state index in [4.69, 9.17) is 51.1 Å². The number of nitrogens with one attached hydrogen (secondary N) is 1. The van der Waals surface area contributed by atoms with Crippen molar-refractivity contribution in [3.05, 3.63) is 62.3 Å². The molecular formula is C20H18Cl4N4O2S. The predicted octanol–water partition coefficient (Wildman–Crippen LogP) is 6.78. The van der Waals surface area contributed by atoms with Gasteiger partial charge < -0.3 is 14.6 Å². The second-order valence-corrected chi connectivity index (χ2v) is 8.99. The van der Waals surface area contributed by atoms with Gasteiger partial charge in [0.05, 0.1) is 20.8 Å². The lowest BCUT2D eigenvalue weighted by Crippen LogP contribution is -2.15. The van der Waals surface area contributed by atoms with E-state index in [0.29, 0.717) is 49.1 Å². The molecule has 0 saturated carbocycles. The fourth-order valence-corrected chi connectivity index (χ4v) is 4.15. The van der Waals surface area contributed by atoms with Gasteiger partial charge in [-0.2, -0.15) is 0 Å². The van der Waals surface area contributed by atoms with Gasteiger partial charge in [0.15, 0.2) is 17.1 Å². The molecule has 1 heterocycles. The van der Waals surface area contributed by atoms with Crippen molar-refractivity contribution in [3.8, 4) is 5.75 Å². The lowest BCUT2D eigenvalue weighted by atomic mass is 10.3. The first-order valence-electron chi connectivity index (χ1n) is 9.21. The summed E-state index contributed by atoms with van der Waals surface area (Å²) in [5, 5.41) is 13.6. The Kier molecular flexibility index (Phi) is 8.36. The topological polar surface area (TPSA) is 69.0 Å². The first kappa shape index (κ1) is 24.0.